The first-order valence-electron chi connectivity index (χ1n) is 9.35. The molecule has 1 saturated heterocycles. The SMILES string of the molecule is CCC1CCCCN1C(=O)C(C)Sc1nnnn1-c1cccc(C)c1C. The van der Waals surface area contributed by atoms with Crippen LogP contribution in [-0.2, 0) is 4.79 Å². The van der Waals surface area contributed by atoms with E-state index >= 15 is 0 Å². The molecule has 0 N–H and O–H groups in total. The van der Waals surface area contributed by atoms with Crippen LogP contribution in [0.5, 0.6) is 0 Å². The Morgan fingerprint density at radius 1 is 1.35 bits per heavy atom. The van der Waals surface area contributed by atoms with E-state index in [1.807, 2.05) is 19.1 Å². The van der Waals surface area contributed by atoms with Crippen LogP contribution >= 0.6 is 11.8 Å². The van der Waals surface area contributed by atoms with Crippen LogP contribution in [0.2, 0.25) is 0 Å². The number of aryl methyl sites for hydroxylation is 1. The van der Waals surface area contributed by atoms with Crippen molar-refractivity contribution >= 4 is 17.7 Å². The molecule has 1 aliphatic heterocycles. The van der Waals surface area contributed by atoms with Crippen LogP contribution in [-0.4, -0.2) is 48.9 Å². The Morgan fingerprint density at radius 3 is 2.92 bits per heavy atom. The van der Waals surface area contributed by atoms with Gasteiger partial charge in [-0.05, 0) is 74.1 Å². The van der Waals surface area contributed by atoms with Gasteiger partial charge in [-0.15, -0.1) is 5.10 Å². The van der Waals surface area contributed by atoms with Crippen LogP contribution in [0, 0.1) is 13.8 Å². The summed E-state index contributed by atoms with van der Waals surface area (Å²) in [4.78, 5) is 15.1. The maximum absolute atomic E-state index is 13.0. The molecule has 0 saturated carbocycles. The van der Waals surface area contributed by atoms with Crippen molar-refractivity contribution in [3.05, 3.63) is 29.3 Å². The second-order valence-corrected chi connectivity index (χ2v) is 8.25. The summed E-state index contributed by atoms with van der Waals surface area (Å²) in [6.07, 6.45) is 4.44. The van der Waals surface area contributed by atoms with Gasteiger partial charge in [0, 0.05) is 12.6 Å². The van der Waals surface area contributed by atoms with Crippen molar-refractivity contribution in [2.45, 2.75) is 69.8 Å². The van der Waals surface area contributed by atoms with E-state index in [-0.39, 0.29) is 11.2 Å². The fourth-order valence-electron chi connectivity index (χ4n) is 3.53. The minimum absolute atomic E-state index is 0.192. The first-order valence-corrected chi connectivity index (χ1v) is 10.2. The minimum Gasteiger partial charge on any atom is -0.339 e. The number of amides is 1. The first kappa shape index (κ1) is 18.9. The van der Waals surface area contributed by atoms with Crippen molar-refractivity contribution in [3.8, 4) is 5.69 Å². The molecule has 0 bridgehead atoms. The Bertz CT molecular complexity index is 775. The number of hydrogen-bond acceptors (Lipinski definition) is 5. The van der Waals surface area contributed by atoms with Gasteiger partial charge in [-0.1, -0.05) is 30.8 Å². The van der Waals surface area contributed by atoms with Gasteiger partial charge >= 0.3 is 0 Å². The fraction of sp³-hybridized carbons (Fsp3) is 0.579. The van der Waals surface area contributed by atoms with Gasteiger partial charge in [0.25, 0.3) is 0 Å². The first-order chi connectivity index (χ1) is 12.5. The normalized spacial score (nSPS) is 18.8. The number of aromatic nitrogens is 4. The monoisotopic (exact) mass is 373 g/mol. The van der Waals surface area contributed by atoms with Crippen LogP contribution in [0.25, 0.3) is 5.69 Å². The van der Waals surface area contributed by atoms with E-state index in [9.17, 15) is 4.79 Å². The summed E-state index contributed by atoms with van der Waals surface area (Å²) in [7, 11) is 0. The van der Waals surface area contributed by atoms with E-state index in [1.165, 1.54) is 23.7 Å². The molecule has 7 heteroatoms. The molecule has 0 aliphatic carbocycles. The average molecular weight is 374 g/mol. The van der Waals surface area contributed by atoms with Crippen LogP contribution in [0.3, 0.4) is 0 Å². The van der Waals surface area contributed by atoms with Crippen molar-refractivity contribution < 1.29 is 4.79 Å². The molecular formula is C19H27N5OS. The van der Waals surface area contributed by atoms with E-state index in [0.29, 0.717) is 11.2 Å². The van der Waals surface area contributed by atoms with Crippen molar-refractivity contribution in [1.82, 2.24) is 25.1 Å². The Kier molecular flexibility index (Phi) is 5.96. The van der Waals surface area contributed by atoms with Crippen LogP contribution < -0.4 is 0 Å². The molecule has 26 heavy (non-hydrogen) atoms. The van der Waals surface area contributed by atoms with E-state index in [2.05, 4.69) is 47.3 Å². The molecule has 140 valence electrons. The lowest BCUT2D eigenvalue weighted by Crippen LogP contribution is -2.46. The number of carbonyl (C=O) groups is 1. The summed E-state index contributed by atoms with van der Waals surface area (Å²) >= 11 is 1.44. The molecule has 6 nitrogen and oxygen atoms in total. The summed E-state index contributed by atoms with van der Waals surface area (Å²) < 4.78 is 1.74. The smallest absolute Gasteiger partial charge is 0.236 e. The summed E-state index contributed by atoms with van der Waals surface area (Å²) in [5, 5.41) is 12.6. The van der Waals surface area contributed by atoms with Gasteiger partial charge in [-0.25, -0.2) is 0 Å². The number of tetrazole rings is 1. The lowest BCUT2D eigenvalue weighted by atomic mass is 10.00. The second kappa shape index (κ2) is 8.20. The highest BCUT2D eigenvalue weighted by molar-refractivity contribution is 8.00. The molecule has 1 aromatic carbocycles. The largest absolute Gasteiger partial charge is 0.339 e. The van der Waals surface area contributed by atoms with Gasteiger partial charge in [-0.3, -0.25) is 4.79 Å². The van der Waals surface area contributed by atoms with E-state index in [4.69, 9.17) is 0 Å². The number of piperidine rings is 1. The van der Waals surface area contributed by atoms with Crippen molar-refractivity contribution in [1.29, 1.82) is 0 Å². The maximum atomic E-state index is 13.0. The van der Waals surface area contributed by atoms with Gasteiger partial charge in [0.2, 0.25) is 11.1 Å². The number of carbonyl (C=O) groups excluding carboxylic acids is 1. The highest BCUT2D eigenvalue weighted by atomic mass is 32.2. The summed E-state index contributed by atoms with van der Waals surface area (Å²) in [5.41, 5.74) is 3.29. The van der Waals surface area contributed by atoms with Crippen molar-refractivity contribution in [3.63, 3.8) is 0 Å². The molecule has 1 aliphatic rings. The molecule has 1 amide bonds. The quantitative estimate of drug-likeness (QED) is 0.750. The van der Waals surface area contributed by atoms with Crippen LogP contribution in [0.1, 0.15) is 50.7 Å². The number of nitrogens with zero attached hydrogens (tertiary/aromatic N) is 5. The molecule has 1 aromatic heterocycles. The van der Waals surface area contributed by atoms with Gasteiger partial charge in [0.15, 0.2) is 0 Å². The van der Waals surface area contributed by atoms with E-state index in [0.717, 1.165) is 37.1 Å². The minimum atomic E-state index is -0.211. The van der Waals surface area contributed by atoms with E-state index < -0.39 is 0 Å². The summed E-state index contributed by atoms with van der Waals surface area (Å²) in [5.74, 6) is 0.192. The zero-order chi connectivity index (χ0) is 18.7. The average Bonchev–Trinajstić information content (AvgIpc) is 3.11. The molecule has 1 fully saturated rings. The Labute approximate surface area is 159 Å². The molecule has 3 rings (SSSR count). The molecule has 2 unspecified atom stereocenters. The van der Waals surface area contributed by atoms with E-state index in [1.54, 1.807) is 4.68 Å². The Balaban J connectivity index is 1.78. The predicted octanol–water partition coefficient (Wildman–Crippen LogP) is 3.55. The number of likely N-dealkylation sites (tertiary alicyclic amines) is 1. The van der Waals surface area contributed by atoms with Crippen molar-refractivity contribution in [2.75, 3.05) is 6.54 Å². The Morgan fingerprint density at radius 2 is 2.15 bits per heavy atom. The van der Waals surface area contributed by atoms with Crippen LogP contribution in [0.15, 0.2) is 23.4 Å². The molecule has 2 atom stereocenters. The molecular weight excluding hydrogens is 346 g/mol. The van der Waals surface area contributed by atoms with Gasteiger partial charge in [0.05, 0.1) is 10.9 Å². The summed E-state index contributed by atoms with van der Waals surface area (Å²) in [6, 6.07) is 6.45. The third kappa shape index (κ3) is 3.77. The maximum Gasteiger partial charge on any atom is 0.236 e. The van der Waals surface area contributed by atoms with Gasteiger partial charge in [-0.2, -0.15) is 4.68 Å². The zero-order valence-electron chi connectivity index (χ0n) is 16.0. The number of benzene rings is 1. The molecule has 2 aromatic rings. The number of hydrogen-bond donors (Lipinski definition) is 0. The van der Waals surface area contributed by atoms with Crippen molar-refractivity contribution in [2.24, 2.45) is 0 Å². The third-order valence-corrected chi connectivity index (χ3v) is 6.28. The Hall–Kier alpha value is -1.89. The van der Waals surface area contributed by atoms with Gasteiger partial charge < -0.3 is 4.90 Å². The zero-order valence-corrected chi connectivity index (χ0v) is 16.8. The lowest BCUT2D eigenvalue weighted by molar-refractivity contribution is -0.134. The van der Waals surface area contributed by atoms with Crippen LogP contribution in [0.4, 0.5) is 0 Å². The highest BCUT2D eigenvalue weighted by Gasteiger charge is 2.30. The standard InChI is InChI=1S/C19H27N5OS/c1-5-16-10-6-7-12-23(16)18(25)15(4)26-19-20-21-22-24(19)17-11-8-9-13(2)14(17)3/h8-9,11,15-16H,5-7,10,12H2,1-4H3. The fourth-order valence-corrected chi connectivity index (χ4v) is 4.40. The molecule has 2 heterocycles. The van der Waals surface area contributed by atoms with Gasteiger partial charge in [0.1, 0.15) is 0 Å². The number of rotatable bonds is 5. The summed E-state index contributed by atoms with van der Waals surface area (Å²) in [6.45, 7) is 9.12. The topological polar surface area (TPSA) is 63.9 Å². The lowest BCUT2D eigenvalue weighted by Gasteiger charge is -2.36. The second-order valence-electron chi connectivity index (χ2n) is 6.94. The number of thioether (sulfide) groups is 1. The predicted molar refractivity (Wildman–Crippen MR) is 104 cm³/mol. The molecule has 0 radical (unpaired) electrons. The highest BCUT2D eigenvalue weighted by Crippen LogP contribution is 2.28. The molecule has 0 spiro atoms. The third-order valence-electron chi connectivity index (χ3n) is 5.26.